The van der Waals surface area contributed by atoms with Crippen LogP contribution in [0.3, 0.4) is 0 Å². The van der Waals surface area contributed by atoms with E-state index in [0.29, 0.717) is 17.3 Å². The maximum atomic E-state index is 13.7. The average molecular weight is 471 g/mol. The van der Waals surface area contributed by atoms with Crippen molar-refractivity contribution in [1.82, 2.24) is 14.5 Å². The van der Waals surface area contributed by atoms with Gasteiger partial charge in [0.05, 0.1) is 30.4 Å². The van der Waals surface area contributed by atoms with Gasteiger partial charge in [-0.1, -0.05) is 5.16 Å². The van der Waals surface area contributed by atoms with Crippen molar-refractivity contribution in [3.05, 3.63) is 77.4 Å². The van der Waals surface area contributed by atoms with Gasteiger partial charge in [-0.2, -0.15) is 0 Å². The molecular formula is C24H24F2N4O2S. The first-order valence-corrected chi connectivity index (χ1v) is 11.7. The monoisotopic (exact) mass is 470 g/mol. The summed E-state index contributed by atoms with van der Waals surface area (Å²) in [4.78, 5) is 12.7. The lowest BCUT2D eigenvalue weighted by atomic mass is 9.99. The van der Waals surface area contributed by atoms with Crippen molar-refractivity contribution in [2.75, 3.05) is 13.2 Å². The zero-order chi connectivity index (χ0) is 22.9. The Kier molecular flexibility index (Phi) is 6.07. The molecule has 172 valence electrons. The van der Waals surface area contributed by atoms with Crippen LogP contribution in [0.25, 0.3) is 5.69 Å². The van der Waals surface area contributed by atoms with Gasteiger partial charge in [0, 0.05) is 40.1 Å². The largest absolute Gasteiger partial charge is 0.392 e. The number of benzene rings is 2. The molecular weight excluding hydrogens is 446 g/mol. The summed E-state index contributed by atoms with van der Waals surface area (Å²) in [5.41, 5.74) is 3.36. The Labute approximate surface area is 194 Å². The fraction of sp³-hybridized carbons (Fsp3) is 0.333. The molecule has 3 aromatic rings. The number of thioether (sulfide) groups is 1. The van der Waals surface area contributed by atoms with Crippen LogP contribution in [0.15, 0.2) is 59.0 Å². The van der Waals surface area contributed by atoms with Crippen LogP contribution in [-0.4, -0.2) is 49.8 Å². The van der Waals surface area contributed by atoms with E-state index in [1.54, 1.807) is 6.33 Å². The second-order valence-corrected chi connectivity index (χ2v) is 9.61. The number of fused-ring (bicyclic) bond motifs is 1. The zero-order valence-corrected chi connectivity index (χ0v) is 18.9. The first kappa shape index (κ1) is 21.9. The van der Waals surface area contributed by atoms with Crippen LogP contribution in [0.1, 0.15) is 29.7 Å². The number of piperidine rings is 1. The van der Waals surface area contributed by atoms with Crippen LogP contribution in [0.2, 0.25) is 0 Å². The van der Waals surface area contributed by atoms with Gasteiger partial charge in [-0.05, 0) is 50.1 Å². The summed E-state index contributed by atoms with van der Waals surface area (Å²) < 4.78 is 29.3. The fourth-order valence-corrected chi connectivity index (χ4v) is 5.87. The summed E-state index contributed by atoms with van der Waals surface area (Å²) in [5.74, 6) is -0.431. The lowest BCUT2D eigenvalue weighted by molar-refractivity contribution is 0.0488. The Balaban J connectivity index is 1.41. The minimum atomic E-state index is -0.572. The van der Waals surface area contributed by atoms with Crippen molar-refractivity contribution >= 4 is 17.6 Å². The van der Waals surface area contributed by atoms with Gasteiger partial charge in [0.25, 0.3) is 0 Å². The highest BCUT2D eigenvalue weighted by molar-refractivity contribution is 8.00. The maximum Gasteiger partial charge on any atom is 0.175 e. The number of aliphatic hydroxyl groups excluding tert-OH is 1. The molecule has 1 fully saturated rings. The molecule has 0 spiro atoms. The number of aryl methyl sites for hydroxylation is 1. The number of rotatable bonds is 5. The predicted molar refractivity (Wildman–Crippen MR) is 122 cm³/mol. The lowest BCUT2D eigenvalue weighted by Gasteiger charge is -2.44. The normalized spacial score (nSPS) is 20.2. The smallest absolute Gasteiger partial charge is 0.175 e. The average Bonchev–Trinajstić information content (AvgIpc) is 3.24. The van der Waals surface area contributed by atoms with Crippen LogP contribution in [0, 0.1) is 18.6 Å². The van der Waals surface area contributed by atoms with Gasteiger partial charge < -0.3 is 19.4 Å². The summed E-state index contributed by atoms with van der Waals surface area (Å²) >= 11 is 1.48. The van der Waals surface area contributed by atoms with Gasteiger partial charge >= 0.3 is 0 Å². The van der Waals surface area contributed by atoms with Crippen LogP contribution in [0.4, 0.5) is 8.78 Å². The Hall–Kier alpha value is -2.91. The molecule has 2 unspecified atom stereocenters. The zero-order valence-electron chi connectivity index (χ0n) is 18.1. The molecule has 3 heterocycles. The summed E-state index contributed by atoms with van der Waals surface area (Å²) in [5, 5.41) is 14.5. The van der Waals surface area contributed by atoms with E-state index in [9.17, 15) is 13.9 Å². The maximum absolute atomic E-state index is 13.7. The number of aromatic nitrogens is 2. The molecule has 0 bridgehead atoms. The highest BCUT2D eigenvalue weighted by Crippen LogP contribution is 2.36. The number of aliphatic hydroxyl groups is 1. The minimum Gasteiger partial charge on any atom is -0.392 e. The fourth-order valence-electron chi connectivity index (χ4n) is 4.49. The molecule has 0 amide bonds. The van der Waals surface area contributed by atoms with Crippen molar-refractivity contribution in [3.63, 3.8) is 0 Å². The number of hydrogen-bond donors (Lipinski definition) is 1. The van der Waals surface area contributed by atoms with Crippen molar-refractivity contribution in [2.24, 2.45) is 5.16 Å². The third-order valence-corrected chi connectivity index (χ3v) is 7.37. The van der Waals surface area contributed by atoms with Gasteiger partial charge in [-0.15, -0.1) is 11.8 Å². The van der Waals surface area contributed by atoms with Gasteiger partial charge in [-0.3, -0.25) is 0 Å². The van der Waals surface area contributed by atoms with Crippen molar-refractivity contribution in [2.45, 2.75) is 42.6 Å². The standard InChI is InChI=1S/C24H24F2N4O2S/c1-15-11-29(14-27-15)21-5-4-16(7-17(21)12-31)24-28-32-13-22-23(3-2-6-30(22)24)33-20-9-18(25)8-19(26)10-20/h4-5,7-11,14,22-23,31H,2-3,6,12-13H2,1H3. The molecule has 1 N–H and O–H groups in total. The van der Waals surface area contributed by atoms with Gasteiger partial charge in [-0.25, -0.2) is 13.8 Å². The van der Waals surface area contributed by atoms with E-state index >= 15 is 0 Å². The van der Waals surface area contributed by atoms with Crippen LogP contribution in [-0.2, 0) is 11.4 Å². The Morgan fingerprint density at radius 1 is 1.18 bits per heavy atom. The van der Waals surface area contributed by atoms with Crippen molar-refractivity contribution in [3.8, 4) is 5.69 Å². The summed E-state index contributed by atoms with van der Waals surface area (Å²) in [6.07, 6.45) is 5.49. The molecule has 0 radical (unpaired) electrons. The molecule has 2 atom stereocenters. The predicted octanol–water partition coefficient (Wildman–Crippen LogP) is 4.27. The molecule has 6 nitrogen and oxygen atoms in total. The van der Waals surface area contributed by atoms with Crippen LogP contribution in [0.5, 0.6) is 0 Å². The second-order valence-electron chi connectivity index (χ2n) is 8.30. The quantitative estimate of drug-likeness (QED) is 0.604. The number of imidazole rings is 1. The Morgan fingerprint density at radius 2 is 2.00 bits per heavy atom. The molecule has 9 heteroatoms. The van der Waals surface area contributed by atoms with E-state index in [-0.39, 0.29) is 17.9 Å². The molecule has 1 aromatic heterocycles. The van der Waals surface area contributed by atoms with Gasteiger partial charge in [0.1, 0.15) is 18.2 Å². The van der Waals surface area contributed by atoms with E-state index < -0.39 is 11.6 Å². The molecule has 2 aromatic carbocycles. The van der Waals surface area contributed by atoms with E-state index in [1.807, 2.05) is 35.9 Å². The first-order valence-electron chi connectivity index (χ1n) is 10.9. The first-order chi connectivity index (χ1) is 16.0. The minimum absolute atomic E-state index is 0.0242. The number of hydrogen-bond acceptors (Lipinski definition) is 6. The van der Waals surface area contributed by atoms with Gasteiger partial charge in [0.2, 0.25) is 0 Å². The Morgan fingerprint density at radius 3 is 2.73 bits per heavy atom. The summed E-state index contributed by atoms with van der Waals surface area (Å²) in [6.45, 7) is 3.03. The van der Waals surface area contributed by atoms with Crippen molar-refractivity contribution < 1.29 is 18.7 Å². The molecule has 33 heavy (non-hydrogen) atoms. The highest BCUT2D eigenvalue weighted by Gasteiger charge is 2.38. The number of oxime groups is 1. The molecule has 5 rings (SSSR count). The molecule has 1 saturated heterocycles. The number of halogens is 2. The topological polar surface area (TPSA) is 62.9 Å². The molecule has 2 aliphatic heterocycles. The summed E-state index contributed by atoms with van der Waals surface area (Å²) in [6, 6.07) is 9.49. The van der Waals surface area contributed by atoms with E-state index in [0.717, 1.165) is 48.0 Å². The third-order valence-electron chi connectivity index (χ3n) is 6.01. The molecule has 0 aliphatic carbocycles. The third kappa shape index (κ3) is 4.47. The van der Waals surface area contributed by atoms with Crippen LogP contribution < -0.4 is 0 Å². The lowest BCUT2D eigenvalue weighted by Crippen LogP contribution is -2.54. The van der Waals surface area contributed by atoms with Crippen LogP contribution >= 0.6 is 11.8 Å². The summed E-state index contributed by atoms with van der Waals surface area (Å²) in [7, 11) is 0. The highest BCUT2D eigenvalue weighted by atomic mass is 32.2. The SMILES string of the molecule is Cc1cn(-c2ccc(C3=NOCC4C(Sc5cc(F)cc(F)c5)CCCN34)cc2CO)cn1. The van der Waals surface area contributed by atoms with Gasteiger partial charge in [0.15, 0.2) is 5.84 Å². The van der Waals surface area contributed by atoms with E-state index in [1.165, 1.54) is 23.9 Å². The van der Waals surface area contributed by atoms with E-state index in [4.69, 9.17) is 4.84 Å². The number of amidine groups is 1. The van der Waals surface area contributed by atoms with E-state index in [2.05, 4.69) is 15.0 Å². The second kappa shape index (κ2) is 9.15. The number of nitrogens with zero attached hydrogens (tertiary/aromatic N) is 4. The molecule has 0 saturated carbocycles. The van der Waals surface area contributed by atoms with Crippen molar-refractivity contribution in [1.29, 1.82) is 0 Å². The Bertz CT molecular complexity index is 1180. The molecule has 2 aliphatic rings.